The molecule has 1 aliphatic heterocycles. The number of aryl methyl sites for hydroxylation is 1. The van der Waals surface area contributed by atoms with E-state index >= 15 is 0 Å². The van der Waals surface area contributed by atoms with Crippen molar-refractivity contribution in [2.45, 2.75) is 27.3 Å². The number of nitrogens with one attached hydrogen (secondary N) is 1. The highest BCUT2D eigenvalue weighted by Gasteiger charge is 2.21. The molecule has 2 aromatic carbocycles. The van der Waals surface area contributed by atoms with Crippen LogP contribution in [0.3, 0.4) is 0 Å². The van der Waals surface area contributed by atoms with Crippen LogP contribution < -0.4 is 10.2 Å². The van der Waals surface area contributed by atoms with E-state index in [4.69, 9.17) is 0 Å². The lowest BCUT2D eigenvalue weighted by atomic mass is 10.1. The molecular formula is C23H31FN4O. The van der Waals surface area contributed by atoms with Gasteiger partial charge in [0.05, 0.1) is 0 Å². The summed E-state index contributed by atoms with van der Waals surface area (Å²) >= 11 is 0. The Morgan fingerprint density at radius 1 is 1.03 bits per heavy atom. The summed E-state index contributed by atoms with van der Waals surface area (Å²) < 4.78 is 13.0. The van der Waals surface area contributed by atoms with Gasteiger partial charge in [-0.2, -0.15) is 0 Å². The highest BCUT2D eigenvalue weighted by Crippen LogP contribution is 2.23. The second kappa shape index (κ2) is 9.74. The standard InChI is InChI=1S/C23H31FN4O/c1-4-27(5-2)21-10-11-22(18(3)16-21)25-23(29)28-14-12-26(13-15-28)17-19-6-8-20(24)9-7-19/h6-11,16H,4-5,12-15,17H2,1-3H3,(H,25,29). The van der Waals surface area contributed by atoms with Crippen molar-refractivity contribution in [2.75, 3.05) is 49.5 Å². The predicted octanol–water partition coefficient (Wildman–Crippen LogP) is 4.33. The van der Waals surface area contributed by atoms with Crippen molar-refractivity contribution in [3.8, 4) is 0 Å². The first-order chi connectivity index (χ1) is 14.0. The van der Waals surface area contributed by atoms with E-state index in [0.717, 1.165) is 49.5 Å². The van der Waals surface area contributed by atoms with Crippen molar-refractivity contribution >= 4 is 17.4 Å². The van der Waals surface area contributed by atoms with Crippen LogP contribution in [0.2, 0.25) is 0 Å². The van der Waals surface area contributed by atoms with Crippen molar-refractivity contribution in [1.29, 1.82) is 0 Å². The number of carbonyl (C=O) groups excluding carboxylic acids is 1. The quantitative estimate of drug-likeness (QED) is 0.787. The first-order valence-corrected chi connectivity index (χ1v) is 10.4. The number of amides is 2. The number of anilines is 2. The second-order valence-electron chi connectivity index (χ2n) is 7.49. The van der Waals surface area contributed by atoms with Gasteiger partial charge in [0.15, 0.2) is 0 Å². The molecule has 0 spiro atoms. The Morgan fingerprint density at radius 2 is 1.69 bits per heavy atom. The third-order valence-corrected chi connectivity index (χ3v) is 5.56. The van der Waals surface area contributed by atoms with Gasteiger partial charge in [0, 0.05) is 57.2 Å². The molecule has 0 atom stereocenters. The molecule has 1 fully saturated rings. The normalized spacial score (nSPS) is 14.7. The molecule has 1 aliphatic rings. The maximum absolute atomic E-state index is 13.0. The average molecular weight is 399 g/mol. The number of piperazine rings is 1. The Kier molecular flexibility index (Phi) is 7.09. The van der Waals surface area contributed by atoms with Gasteiger partial charge in [-0.25, -0.2) is 9.18 Å². The Labute approximate surface area is 173 Å². The number of hydrogen-bond donors (Lipinski definition) is 1. The van der Waals surface area contributed by atoms with E-state index in [1.165, 1.54) is 17.8 Å². The first-order valence-electron chi connectivity index (χ1n) is 10.4. The smallest absolute Gasteiger partial charge is 0.321 e. The van der Waals surface area contributed by atoms with Crippen molar-refractivity contribution < 1.29 is 9.18 Å². The molecule has 1 saturated heterocycles. The molecular weight excluding hydrogens is 367 g/mol. The van der Waals surface area contributed by atoms with Gasteiger partial charge >= 0.3 is 6.03 Å². The number of nitrogens with zero attached hydrogens (tertiary/aromatic N) is 3. The molecule has 0 aromatic heterocycles. The molecule has 5 nitrogen and oxygen atoms in total. The summed E-state index contributed by atoms with van der Waals surface area (Å²) in [6.07, 6.45) is 0. The van der Waals surface area contributed by atoms with Gasteiger partial charge in [-0.1, -0.05) is 12.1 Å². The highest BCUT2D eigenvalue weighted by atomic mass is 19.1. The van der Waals surface area contributed by atoms with Crippen molar-refractivity contribution in [3.63, 3.8) is 0 Å². The van der Waals surface area contributed by atoms with Crippen molar-refractivity contribution in [2.24, 2.45) is 0 Å². The van der Waals surface area contributed by atoms with Crippen LogP contribution in [0.4, 0.5) is 20.6 Å². The van der Waals surface area contributed by atoms with Crippen LogP contribution in [-0.4, -0.2) is 55.1 Å². The van der Waals surface area contributed by atoms with E-state index in [0.29, 0.717) is 13.1 Å². The second-order valence-corrected chi connectivity index (χ2v) is 7.49. The largest absolute Gasteiger partial charge is 0.372 e. The van der Waals surface area contributed by atoms with Crippen LogP contribution in [-0.2, 0) is 6.54 Å². The summed E-state index contributed by atoms with van der Waals surface area (Å²) in [5.74, 6) is -0.212. The topological polar surface area (TPSA) is 38.8 Å². The molecule has 1 heterocycles. The Balaban J connectivity index is 1.52. The fourth-order valence-electron chi connectivity index (χ4n) is 3.72. The van der Waals surface area contributed by atoms with E-state index in [1.807, 2.05) is 30.0 Å². The summed E-state index contributed by atoms with van der Waals surface area (Å²) in [4.78, 5) is 19.1. The Bertz CT molecular complexity index is 812. The van der Waals surface area contributed by atoms with Crippen LogP contribution in [0, 0.1) is 12.7 Å². The van der Waals surface area contributed by atoms with Gasteiger partial charge in [-0.05, 0) is 62.2 Å². The molecule has 29 heavy (non-hydrogen) atoms. The fourth-order valence-corrected chi connectivity index (χ4v) is 3.72. The summed E-state index contributed by atoms with van der Waals surface area (Å²) in [5.41, 5.74) is 4.20. The Morgan fingerprint density at radius 3 is 2.28 bits per heavy atom. The van der Waals surface area contributed by atoms with Gasteiger partial charge in [0.1, 0.15) is 5.82 Å². The van der Waals surface area contributed by atoms with Gasteiger partial charge in [-0.15, -0.1) is 0 Å². The summed E-state index contributed by atoms with van der Waals surface area (Å²) in [6, 6.07) is 12.8. The number of carbonyl (C=O) groups is 1. The summed E-state index contributed by atoms with van der Waals surface area (Å²) in [6.45, 7) is 12.0. The molecule has 156 valence electrons. The van der Waals surface area contributed by atoms with Gasteiger partial charge in [-0.3, -0.25) is 4.90 Å². The van der Waals surface area contributed by atoms with E-state index in [2.05, 4.69) is 41.1 Å². The van der Waals surface area contributed by atoms with E-state index < -0.39 is 0 Å². The molecule has 2 amide bonds. The lowest BCUT2D eigenvalue weighted by molar-refractivity contribution is 0.143. The molecule has 6 heteroatoms. The number of hydrogen-bond acceptors (Lipinski definition) is 3. The molecule has 0 saturated carbocycles. The van der Waals surface area contributed by atoms with Gasteiger partial charge in [0.2, 0.25) is 0 Å². The first kappa shape index (κ1) is 21.1. The molecule has 3 rings (SSSR count). The third kappa shape index (κ3) is 5.48. The number of rotatable bonds is 6. The summed E-state index contributed by atoms with van der Waals surface area (Å²) in [7, 11) is 0. The molecule has 0 bridgehead atoms. The minimum absolute atomic E-state index is 0.0508. The zero-order chi connectivity index (χ0) is 20.8. The molecule has 2 aromatic rings. The van der Waals surface area contributed by atoms with Crippen LogP contribution in [0.1, 0.15) is 25.0 Å². The zero-order valence-corrected chi connectivity index (χ0v) is 17.6. The van der Waals surface area contributed by atoms with Gasteiger partial charge in [0.25, 0.3) is 0 Å². The van der Waals surface area contributed by atoms with Crippen LogP contribution in [0.25, 0.3) is 0 Å². The maximum Gasteiger partial charge on any atom is 0.321 e. The van der Waals surface area contributed by atoms with E-state index in [-0.39, 0.29) is 11.8 Å². The van der Waals surface area contributed by atoms with Crippen molar-refractivity contribution in [1.82, 2.24) is 9.80 Å². The minimum atomic E-state index is -0.212. The van der Waals surface area contributed by atoms with Gasteiger partial charge < -0.3 is 15.1 Å². The number of halogens is 1. The van der Waals surface area contributed by atoms with Crippen LogP contribution in [0.15, 0.2) is 42.5 Å². The highest BCUT2D eigenvalue weighted by molar-refractivity contribution is 5.90. The lowest BCUT2D eigenvalue weighted by Gasteiger charge is -2.34. The Hall–Kier alpha value is -2.60. The predicted molar refractivity (Wildman–Crippen MR) is 117 cm³/mol. The minimum Gasteiger partial charge on any atom is -0.372 e. The van der Waals surface area contributed by atoms with Crippen molar-refractivity contribution in [3.05, 3.63) is 59.4 Å². The SMILES string of the molecule is CCN(CC)c1ccc(NC(=O)N2CCN(Cc3ccc(F)cc3)CC2)c(C)c1. The molecule has 0 radical (unpaired) electrons. The van der Waals surface area contributed by atoms with Crippen LogP contribution in [0.5, 0.6) is 0 Å². The molecule has 0 unspecified atom stereocenters. The van der Waals surface area contributed by atoms with E-state index in [9.17, 15) is 9.18 Å². The summed E-state index contributed by atoms with van der Waals surface area (Å²) in [5, 5.41) is 3.06. The number of benzene rings is 2. The number of urea groups is 1. The van der Waals surface area contributed by atoms with Crippen LogP contribution >= 0.6 is 0 Å². The molecule has 0 aliphatic carbocycles. The maximum atomic E-state index is 13.0. The lowest BCUT2D eigenvalue weighted by Crippen LogP contribution is -2.49. The average Bonchev–Trinajstić information content (AvgIpc) is 2.73. The third-order valence-electron chi connectivity index (χ3n) is 5.56. The van der Waals surface area contributed by atoms with E-state index in [1.54, 1.807) is 0 Å². The monoisotopic (exact) mass is 398 g/mol. The zero-order valence-electron chi connectivity index (χ0n) is 17.6. The molecule has 1 N–H and O–H groups in total. The fraction of sp³-hybridized carbons (Fsp3) is 0.435.